The van der Waals surface area contributed by atoms with Gasteiger partial charge in [-0.2, -0.15) is 0 Å². The zero-order valence-corrected chi connectivity index (χ0v) is 15.3. The third kappa shape index (κ3) is 2.25. The van der Waals surface area contributed by atoms with Gasteiger partial charge in [-0.3, -0.25) is 0 Å². The van der Waals surface area contributed by atoms with Crippen molar-refractivity contribution >= 4 is 0 Å². The Morgan fingerprint density at radius 3 is 2.50 bits per heavy atom. The lowest BCUT2D eigenvalue weighted by atomic mass is 9.48. The number of benzene rings is 1. The van der Waals surface area contributed by atoms with Crippen LogP contribution in [-0.4, -0.2) is 0 Å². The van der Waals surface area contributed by atoms with Crippen molar-refractivity contribution in [1.29, 1.82) is 0 Å². The molecule has 0 spiro atoms. The molecular weight excluding hydrogens is 264 g/mol. The molecular formula is C22H34. The Hall–Kier alpha value is -0.780. The van der Waals surface area contributed by atoms with Crippen LogP contribution in [0.15, 0.2) is 18.2 Å². The lowest BCUT2D eigenvalue weighted by Crippen LogP contribution is -2.49. The van der Waals surface area contributed by atoms with Crippen LogP contribution in [0, 0.1) is 11.3 Å². The van der Waals surface area contributed by atoms with Crippen LogP contribution in [0.4, 0.5) is 0 Å². The molecule has 0 heteroatoms. The lowest BCUT2D eigenvalue weighted by Gasteiger charge is -2.56. The van der Waals surface area contributed by atoms with Crippen LogP contribution in [0.25, 0.3) is 0 Å². The molecule has 0 nitrogen and oxygen atoms in total. The lowest BCUT2D eigenvalue weighted by molar-refractivity contribution is 0.00414. The maximum atomic E-state index is 2.59. The van der Waals surface area contributed by atoms with Crippen molar-refractivity contribution in [3.05, 3.63) is 34.9 Å². The predicted molar refractivity (Wildman–Crippen MR) is 96.6 cm³/mol. The first kappa shape index (κ1) is 16.1. The highest BCUT2D eigenvalue weighted by Crippen LogP contribution is 2.59. The van der Waals surface area contributed by atoms with Gasteiger partial charge in [-0.15, -0.1) is 0 Å². The fourth-order valence-electron chi connectivity index (χ4n) is 5.91. The zero-order valence-electron chi connectivity index (χ0n) is 15.3. The fourth-order valence-corrected chi connectivity index (χ4v) is 5.91. The van der Waals surface area contributed by atoms with Gasteiger partial charge in [0.1, 0.15) is 0 Å². The summed E-state index contributed by atoms with van der Waals surface area (Å²) in [5.74, 6) is 1.54. The Bertz CT molecular complexity index is 535. The molecule has 0 aromatic heterocycles. The molecule has 0 saturated heterocycles. The van der Waals surface area contributed by atoms with Crippen molar-refractivity contribution < 1.29 is 0 Å². The summed E-state index contributed by atoms with van der Waals surface area (Å²) in [6.45, 7) is 12.1. The number of rotatable bonds is 3. The van der Waals surface area contributed by atoms with Crippen molar-refractivity contribution in [2.45, 2.75) is 90.9 Å². The molecule has 0 radical (unpaired) electrons. The van der Waals surface area contributed by atoms with E-state index in [-0.39, 0.29) is 0 Å². The van der Waals surface area contributed by atoms with Crippen LogP contribution >= 0.6 is 0 Å². The Kier molecular flexibility index (Phi) is 4.16. The van der Waals surface area contributed by atoms with Crippen LogP contribution in [0.2, 0.25) is 0 Å². The van der Waals surface area contributed by atoms with E-state index in [4.69, 9.17) is 0 Å². The molecule has 0 N–H and O–H groups in total. The molecule has 2 aliphatic carbocycles. The molecule has 22 heavy (non-hydrogen) atoms. The van der Waals surface area contributed by atoms with E-state index in [0.29, 0.717) is 16.7 Å². The van der Waals surface area contributed by atoms with E-state index >= 15 is 0 Å². The van der Waals surface area contributed by atoms with E-state index in [0.717, 1.165) is 5.92 Å². The average Bonchev–Trinajstić information content (AvgIpc) is 2.53. The highest BCUT2D eigenvalue weighted by molar-refractivity contribution is 5.42. The third-order valence-electron chi connectivity index (χ3n) is 7.40. The molecule has 1 saturated carbocycles. The Balaban J connectivity index is 2.05. The van der Waals surface area contributed by atoms with Crippen molar-refractivity contribution in [3.63, 3.8) is 0 Å². The van der Waals surface area contributed by atoms with Crippen LogP contribution < -0.4 is 0 Å². The van der Waals surface area contributed by atoms with E-state index in [1.807, 2.05) is 0 Å². The molecule has 1 unspecified atom stereocenters. The summed E-state index contributed by atoms with van der Waals surface area (Å²) in [6.07, 6.45) is 9.71. The van der Waals surface area contributed by atoms with Gasteiger partial charge < -0.3 is 0 Å². The number of fused-ring (bicyclic) bond motifs is 3. The maximum Gasteiger partial charge on any atom is -0.00389 e. The first-order chi connectivity index (χ1) is 10.5. The molecule has 2 aliphatic rings. The standard InChI is InChI=1S/C22H34/c1-6-22(7-2)14-8-13-21(5)19-11-9-17(16(3)4)15-18(19)10-12-20(21)22/h9,11,15-16,20H,6-8,10,12-14H2,1-5H3/t20?,21-/m1/s1. The molecule has 1 aromatic rings. The van der Waals surface area contributed by atoms with E-state index in [1.54, 1.807) is 11.1 Å². The molecule has 0 bridgehead atoms. The summed E-state index contributed by atoms with van der Waals surface area (Å²) in [7, 11) is 0. The first-order valence-corrected chi connectivity index (χ1v) is 9.60. The maximum absolute atomic E-state index is 2.59. The van der Waals surface area contributed by atoms with Gasteiger partial charge in [0.25, 0.3) is 0 Å². The molecule has 0 aliphatic heterocycles. The summed E-state index contributed by atoms with van der Waals surface area (Å²) in [6, 6.07) is 7.43. The second-order valence-corrected chi connectivity index (χ2v) is 8.50. The third-order valence-corrected chi connectivity index (χ3v) is 7.40. The molecule has 0 amide bonds. The van der Waals surface area contributed by atoms with E-state index in [1.165, 1.54) is 50.5 Å². The fraction of sp³-hybridized carbons (Fsp3) is 0.727. The second-order valence-electron chi connectivity index (χ2n) is 8.50. The van der Waals surface area contributed by atoms with Crippen molar-refractivity contribution in [2.75, 3.05) is 0 Å². The Morgan fingerprint density at radius 2 is 1.86 bits per heavy atom. The van der Waals surface area contributed by atoms with Crippen LogP contribution in [0.5, 0.6) is 0 Å². The summed E-state index contributed by atoms with van der Waals surface area (Å²) in [5, 5.41) is 0. The van der Waals surface area contributed by atoms with Gasteiger partial charge in [0, 0.05) is 0 Å². The first-order valence-electron chi connectivity index (χ1n) is 9.60. The van der Waals surface area contributed by atoms with E-state index < -0.39 is 0 Å². The predicted octanol–water partition coefficient (Wildman–Crippen LogP) is 6.62. The number of aryl methyl sites for hydroxylation is 1. The summed E-state index contributed by atoms with van der Waals surface area (Å²) >= 11 is 0. The smallest absolute Gasteiger partial charge is 0.00389 e. The molecule has 122 valence electrons. The molecule has 3 rings (SSSR count). The van der Waals surface area contributed by atoms with Crippen molar-refractivity contribution in [1.82, 2.24) is 0 Å². The number of hydrogen-bond acceptors (Lipinski definition) is 0. The van der Waals surface area contributed by atoms with Gasteiger partial charge in [0.15, 0.2) is 0 Å². The van der Waals surface area contributed by atoms with Crippen molar-refractivity contribution in [3.8, 4) is 0 Å². The van der Waals surface area contributed by atoms with Crippen LogP contribution in [-0.2, 0) is 11.8 Å². The van der Waals surface area contributed by atoms with Crippen LogP contribution in [0.1, 0.15) is 95.8 Å². The summed E-state index contributed by atoms with van der Waals surface area (Å²) in [5.41, 5.74) is 5.90. The van der Waals surface area contributed by atoms with E-state index in [9.17, 15) is 0 Å². The highest BCUT2D eigenvalue weighted by atomic mass is 14.6. The minimum Gasteiger partial charge on any atom is -0.0648 e. The largest absolute Gasteiger partial charge is 0.0648 e. The molecule has 1 aromatic carbocycles. The highest BCUT2D eigenvalue weighted by Gasteiger charge is 2.51. The van der Waals surface area contributed by atoms with Gasteiger partial charge >= 0.3 is 0 Å². The molecule has 2 atom stereocenters. The Labute approximate surface area is 137 Å². The molecule has 1 fully saturated rings. The zero-order chi connectivity index (χ0) is 16.0. The van der Waals surface area contributed by atoms with Gasteiger partial charge in [-0.05, 0) is 65.0 Å². The summed E-state index contributed by atoms with van der Waals surface area (Å²) < 4.78 is 0. The normalized spacial score (nSPS) is 30.0. The monoisotopic (exact) mass is 298 g/mol. The minimum atomic E-state index is 0.424. The van der Waals surface area contributed by atoms with Gasteiger partial charge in [-0.25, -0.2) is 0 Å². The quantitative estimate of drug-likeness (QED) is 0.588. The van der Waals surface area contributed by atoms with Crippen molar-refractivity contribution in [2.24, 2.45) is 11.3 Å². The second kappa shape index (κ2) is 5.69. The summed E-state index contributed by atoms with van der Waals surface area (Å²) in [4.78, 5) is 0. The van der Waals surface area contributed by atoms with E-state index in [2.05, 4.69) is 52.8 Å². The SMILES string of the molecule is CCC1(CC)CCC[C@]2(C)c3ccc(C(C)C)cc3CCC12. The topological polar surface area (TPSA) is 0 Å². The molecule has 0 heterocycles. The number of hydrogen-bond donors (Lipinski definition) is 0. The van der Waals surface area contributed by atoms with Gasteiger partial charge in [-0.1, -0.05) is 72.1 Å². The van der Waals surface area contributed by atoms with Gasteiger partial charge in [0.05, 0.1) is 0 Å². The Morgan fingerprint density at radius 1 is 1.14 bits per heavy atom. The van der Waals surface area contributed by atoms with Gasteiger partial charge in [0.2, 0.25) is 0 Å². The average molecular weight is 299 g/mol. The van der Waals surface area contributed by atoms with Crippen LogP contribution in [0.3, 0.4) is 0 Å². The minimum absolute atomic E-state index is 0.424.